The highest BCUT2D eigenvalue weighted by Crippen LogP contribution is 2.26. The first-order chi connectivity index (χ1) is 17.9. The highest BCUT2D eigenvalue weighted by molar-refractivity contribution is 5.92. The van der Waals surface area contributed by atoms with Crippen molar-refractivity contribution < 1.29 is 18.7 Å². The molecule has 1 fully saturated rings. The molecule has 7 nitrogen and oxygen atoms in total. The lowest BCUT2D eigenvalue weighted by molar-refractivity contribution is -0.149. The molecule has 196 valence electrons. The SMILES string of the molecule is CCOC(=O)[C@@H]1CCCN(C(=O)c2coc(CN(Cc3ccc(C)cc3C)[C@H](C)c3ccccc3)n2)C1. The third-order valence-electron chi connectivity index (χ3n) is 7.14. The molecule has 1 aliphatic heterocycles. The Morgan fingerprint density at radius 3 is 2.68 bits per heavy atom. The van der Waals surface area contributed by atoms with Gasteiger partial charge in [-0.05, 0) is 57.2 Å². The van der Waals surface area contributed by atoms with Crippen molar-refractivity contribution in [1.82, 2.24) is 14.8 Å². The van der Waals surface area contributed by atoms with Gasteiger partial charge in [0.05, 0.1) is 19.1 Å². The first-order valence-corrected chi connectivity index (χ1v) is 13.1. The van der Waals surface area contributed by atoms with Gasteiger partial charge < -0.3 is 14.1 Å². The van der Waals surface area contributed by atoms with Crippen molar-refractivity contribution in [2.24, 2.45) is 5.92 Å². The Labute approximate surface area is 219 Å². The topological polar surface area (TPSA) is 75.9 Å². The van der Waals surface area contributed by atoms with E-state index in [-0.39, 0.29) is 29.5 Å². The number of aryl methyl sites for hydroxylation is 2. The lowest BCUT2D eigenvalue weighted by atomic mass is 9.98. The molecule has 0 radical (unpaired) electrons. The van der Waals surface area contributed by atoms with Gasteiger partial charge in [-0.25, -0.2) is 4.98 Å². The zero-order valence-electron chi connectivity index (χ0n) is 22.3. The van der Waals surface area contributed by atoms with E-state index >= 15 is 0 Å². The van der Waals surface area contributed by atoms with Gasteiger partial charge in [-0.1, -0.05) is 54.1 Å². The van der Waals surface area contributed by atoms with E-state index in [4.69, 9.17) is 9.15 Å². The molecule has 0 N–H and O–H groups in total. The molecule has 2 aromatic carbocycles. The molecule has 7 heteroatoms. The van der Waals surface area contributed by atoms with E-state index in [0.717, 1.165) is 19.4 Å². The van der Waals surface area contributed by atoms with E-state index in [1.165, 1.54) is 28.5 Å². The number of amides is 1. The summed E-state index contributed by atoms with van der Waals surface area (Å²) >= 11 is 0. The van der Waals surface area contributed by atoms with Crippen molar-refractivity contribution in [1.29, 1.82) is 0 Å². The molecule has 0 bridgehead atoms. The smallest absolute Gasteiger partial charge is 0.310 e. The molecule has 0 spiro atoms. The maximum Gasteiger partial charge on any atom is 0.310 e. The van der Waals surface area contributed by atoms with Gasteiger partial charge in [0.25, 0.3) is 5.91 Å². The lowest BCUT2D eigenvalue weighted by Gasteiger charge is -2.31. The number of hydrogen-bond acceptors (Lipinski definition) is 6. The molecule has 3 aromatic rings. The van der Waals surface area contributed by atoms with Gasteiger partial charge in [-0.2, -0.15) is 0 Å². The number of hydrogen-bond donors (Lipinski definition) is 0. The van der Waals surface area contributed by atoms with Crippen molar-refractivity contribution in [3.8, 4) is 0 Å². The third kappa shape index (κ3) is 6.66. The Hall–Kier alpha value is -3.45. The second-order valence-electron chi connectivity index (χ2n) is 9.89. The number of esters is 1. The molecule has 0 saturated carbocycles. The van der Waals surface area contributed by atoms with Crippen molar-refractivity contribution in [2.75, 3.05) is 19.7 Å². The number of piperidine rings is 1. The number of benzene rings is 2. The highest BCUT2D eigenvalue weighted by atomic mass is 16.5. The molecular formula is C30H37N3O4. The number of rotatable bonds is 9. The van der Waals surface area contributed by atoms with Crippen LogP contribution >= 0.6 is 0 Å². The van der Waals surface area contributed by atoms with Gasteiger partial charge in [-0.15, -0.1) is 0 Å². The second kappa shape index (κ2) is 12.2. The summed E-state index contributed by atoms with van der Waals surface area (Å²) in [5.74, 6) is -0.238. The number of ether oxygens (including phenoxy) is 1. The van der Waals surface area contributed by atoms with Crippen molar-refractivity contribution in [3.05, 3.63) is 88.6 Å². The standard InChI is InChI=1S/C30H37N3O4/c1-5-36-30(35)26-12-9-15-32(18-26)29(34)27-20-37-28(31-27)19-33(23(4)24-10-7-6-8-11-24)17-25-14-13-21(2)16-22(25)3/h6-8,10-11,13-14,16,20,23,26H,5,9,12,15,17-19H2,1-4H3/t23-,26-/m1/s1. The molecule has 0 unspecified atom stereocenters. The van der Waals surface area contributed by atoms with Gasteiger partial charge in [0, 0.05) is 25.7 Å². The molecule has 1 aromatic heterocycles. The minimum absolute atomic E-state index is 0.111. The number of aromatic nitrogens is 1. The maximum absolute atomic E-state index is 13.2. The average molecular weight is 504 g/mol. The van der Waals surface area contributed by atoms with E-state index in [2.05, 4.69) is 61.0 Å². The second-order valence-corrected chi connectivity index (χ2v) is 9.89. The molecule has 1 amide bonds. The number of nitrogens with zero attached hydrogens (tertiary/aromatic N) is 3. The normalized spacial score (nSPS) is 16.6. The molecule has 0 aliphatic carbocycles. The Morgan fingerprint density at radius 1 is 1.16 bits per heavy atom. The molecule has 1 saturated heterocycles. The van der Waals surface area contributed by atoms with Gasteiger partial charge in [-0.3, -0.25) is 14.5 Å². The summed E-state index contributed by atoms with van der Waals surface area (Å²) in [6.07, 6.45) is 2.93. The van der Waals surface area contributed by atoms with Crippen LogP contribution in [0.1, 0.15) is 71.4 Å². The zero-order chi connectivity index (χ0) is 26.4. The van der Waals surface area contributed by atoms with Crippen LogP contribution in [0.2, 0.25) is 0 Å². The van der Waals surface area contributed by atoms with E-state index in [0.29, 0.717) is 32.1 Å². The molecule has 37 heavy (non-hydrogen) atoms. The maximum atomic E-state index is 13.2. The van der Waals surface area contributed by atoms with Crippen LogP contribution in [0.15, 0.2) is 59.2 Å². The summed E-state index contributed by atoms with van der Waals surface area (Å²) in [6, 6.07) is 17.0. The summed E-state index contributed by atoms with van der Waals surface area (Å²) in [5, 5.41) is 0. The van der Waals surface area contributed by atoms with E-state index in [9.17, 15) is 9.59 Å². The predicted molar refractivity (Wildman–Crippen MR) is 142 cm³/mol. The minimum atomic E-state index is -0.288. The van der Waals surface area contributed by atoms with Crippen LogP contribution < -0.4 is 0 Å². The molecule has 4 rings (SSSR count). The van der Waals surface area contributed by atoms with Crippen molar-refractivity contribution in [2.45, 2.75) is 59.7 Å². The zero-order valence-corrected chi connectivity index (χ0v) is 22.3. The van der Waals surface area contributed by atoms with Gasteiger partial charge >= 0.3 is 5.97 Å². The van der Waals surface area contributed by atoms with Crippen LogP contribution in [0.4, 0.5) is 0 Å². The van der Waals surface area contributed by atoms with Crippen LogP contribution in [0.5, 0.6) is 0 Å². The Balaban J connectivity index is 1.50. The number of oxazole rings is 1. The summed E-state index contributed by atoms with van der Waals surface area (Å²) in [6.45, 7) is 10.7. The van der Waals surface area contributed by atoms with E-state index < -0.39 is 0 Å². The molecule has 2 atom stereocenters. The first kappa shape index (κ1) is 26.6. The molecule has 2 heterocycles. The summed E-state index contributed by atoms with van der Waals surface area (Å²) in [5.41, 5.74) is 5.21. The van der Waals surface area contributed by atoms with E-state index in [1.807, 2.05) is 18.2 Å². The summed E-state index contributed by atoms with van der Waals surface area (Å²) in [4.78, 5) is 34.0. The van der Waals surface area contributed by atoms with Crippen LogP contribution in [0.3, 0.4) is 0 Å². The fourth-order valence-corrected chi connectivity index (χ4v) is 4.95. The Morgan fingerprint density at radius 2 is 1.95 bits per heavy atom. The summed E-state index contributed by atoms with van der Waals surface area (Å²) < 4.78 is 11.0. The Bertz CT molecular complexity index is 1210. The molecule has 1 aliphatic rings. The predicted octanol–water partition coefficient (Wildman–Crippen LogP) is 5.47. The van der Waals surface area contributed by atoms with E-state index in [1.54, 1.807) is 11.8 Å². The van der Waals surface area contributed by atoms with Crippen molar-refractivity contribution in [3.63, 3.8) is 0 Å². The monoisotopic (exact) mass is 503 g/mol. The fraction of sp³-hybridized carbons (Fsp3) is 0.433. The molecular weight excluding hydrogens is 466 g/mol. The number of carbonyl (C=O) groups excluding carboxylic acids is 2. The number of carbonyl (C=O) groups is 2. The van der Waals surface area contributed by atoms with Crippen LogP contribution in [0, 0.1) is 19.8 Å². The van der Waals surface area contributed by atoms with Gasteiger partial charge in [0.15, 0.2) is 5.69 Å². The van der Waals surface area contributed by atoms with Gasteiger partial charge in [0.1, 0.15) is 6.26 Å². The van der Waals surface area contributed by atoms with Crippen LogP contribution in [-0.4, -0.2) is 46.4 Å². The van der Waals surface area contributed by atoms with Gasteiger partial charge in [0.2, 0.25) is 5.89 Å². The number of likely N-dealkylation sites (tertiary alicyclic amines) is 1. The quantitative estimate of drug-likeness (QED) is 0.361. The van der Waals surface area contributed by atoms with Crippen LogP contribution in [0.25, 0.3) is 0 Å². The highest BCUT2D eigenvalue weighted by Gasteiger charge is 2.31. The Kier molecular flexibility index (Phi) is 8.77. The minimum Gasteiger partial charge on any atom is -0.466 e. The van der Waals surface area contributed by atoms with Crippen molar-refractivity contribution >= 4 is 11.9 Å². The average Bonchev–Trinajstić information content (AvgIpc) is 3.38. The summed E-state index contributed by atoms with van der Waals surface area (Å²) in [7, 11) is 0. The third-order valence-corrected chi connectivity index (χ3v) is 7.14. The largest absolute Gasteiger partial charge is 0.466 e. The first-order valence-electron chi connectivity index (χ1n) is 13.1. The fourth-order valence-electron chi connectivity index (χ4n) is 4.95. The van der Waals surface area contributed by atoms with Crippen LogP contribution in [-0.2, 0) is 22.6 Å². The lowest BCUT2D eigenvalue weighted by Crippen LogP contribution is -2.43.